The number of aliphatic hydroxyl groups excluding tert-OH is 1. The maximum absolute atomic E-state index is 9.30. The van der Waals surface area contributed by atoms with E-state index in [1.54, 1.807) is 4.57 Å². The highest BCUT2D eigenvalue weighted by molar-refractivity contribution is 5.74. The average molecular weight is 234 g/mol. The number of aromatic nitrogens is 2. The van der Waals surface area contributed by atoms with Crippen LogP contribution in [0.4, 0.5) is 5.82 Å². The normalized spacial score (nSPS) is 29.4. The molecule has 1 aromatic rings. The summed E-state index contributed by atoms with van der Waals surface area (Å²) >= 11 is 0. The molecule has 0 spiro atoms. The molecular formula is C9H10N6O2. The van der Waals surface area contributed by atoms with E-state index >= 15 is 0 Å². The average Bonchev–Trinajstić information content (AvgIpc) is 2.89. The van der Waals surface area contributed by atoms with Crippen molar-refractivity contribution < 1.29 is 9.84 Å². The number of aliphatic hydroxyl groups is 1. The van der Waals surface area contributed by atoms with Gasteiger partial charge in [0.05, 0.1) is 19.0 Å². The van der Waals surface area contributed by atoms with Crippen LogP contribution in [0.3, 0.4) is 0 Å². The van der Waals surface area contributed by atoms with Gasteiger partial charge in [0.15, 0.2) is 18.0 Å². The number of rotatable bonds is 1. The first-order valence-corrected chi connectivity index (χ1v) is 5.09. The fourth-order valence-corrected chi connectivity index (χ4v) is 2.14. The minimum absolute atomic E-state index is 0.0836. The lowest BCUT2D eigenvalue weighted by molar-refractivity contribution is 0.100. The molecule has 3 atom stereocenters. The van der Waals surface area contributed by atoms with E-state index in [-0.39, 0.29) is 36.6 Å². The molecule has 2 aliphatic rings. The monoisotopic (exact) mass is 234 g/mol. The Balaban J connectivity index is 2.09. The molecule has 4 N–H and O–H groups in total. The largest absolute Gasteiger partial charge is 0.455 e. The van der Waals surface area contributed by atoms with Gasteiger partial charge >= 0.3 is 0 Å². The molecule has 88 valence electrons. The molecule has 0 radical (unpaired) electrons. The molecule has 1 aromatic heterocycles. The predicted octanol–water partition coefficient (Wildman–Crippen LogP) is -1.25. The Morgan fingerprint density at radius 2 is 2.53 bits per heavy atom. The lowest BCUT2D eigenvalue weighted by Crippen LogP contribution is -2.46. The van der Waals surface area contributed by atoms with E-state index in [4.69, 9.17) is 15.7 Å². The van der Waals surface area contributed by atoms with Crippen LogP contribution in [0.15, 0.2) is 11.3 Å². The summed E-state index contributed by atoms with van der Waals surface area (Å²) in [6.07, 6.45) is 0.753. The number of amidine groups is 1. The van der Waals surface area contributed by atoms with Crippen molar-refractivity contribution in [3.8, 4) is 6.07 Å². The molecule has 3 heterocycles. The van der Waals surface area contributed by atoms with Crippen LogP contribution in [0, 0.1) is 11.3 Å². The third-order valence-electron chi connectivity index (χ3n) is 2.91. The molecular weight excluding hydrogens is 224 g/mol. The number of fused-ring (bicyclic) bond motifs is 3. The number of nitriles is 1. The number of hydrogen-bond acceptors (Lipinski definition) is 7. The van der Waals surface area contributed by atoms with Gasteiger partial charge in [-0.1, -0.05) is 0 Å². The van der Waals surface area contributed by atoms with Gasteiger partial charge in [0.25, 0.3) is 6.02 Å². The summed E-state index contributed by atoms with van der Waals surface area (Å²) < 4.78 is 7.03. The molecule has 0 aliphatic carbocycles. The van der Waals surface area contributed by atoms with Crippen molar-refractivity contribution in [2.24, 2.45) is 10.7 Å². The number of aliphatic imine (C=N–C) groups is 1. The van der Waals surface area contributed by atoms with E-state index in [9.17, 15) is 5.11 Å². The summed E-state index contributed by atoms with van der Waals surface area (Å²) in [4.78, 5) is 8.09. The molecule has 17 heavy (non-hydrogen) atoms. The first-order valence-electron chi connectivity index (χ1n) is 5.09. The van der Waals surface area contributed by atoms with Crippen molar-refractivity contribution in [1.82, 2.24) is 9.55 Å². The Bertz CT molecular complexity index is 530. The number of anilines is 1. The van der Waals surface area contributed by atoms with Gasteiger partial charge < -0.3 is 20.9 Å². The zero-order valence-corrected chi connectivity index (χ0v) is 8.74. The maximum Gasteiger partial charge on any atom is 0.284 e. The summed E-state index contributed by atoms with van der Waals surface area (Å²) in [6.45, 7) is -0.139. The van der Waals surface area contributed by atoms with Crippen LogP contribution in [0.2, 0.25) is 0 Å². The lowest BCUT2D eigenvalue weighted by Gasteiger charge is -2.33. The zero-order valence-electron chi connectivity index (χ0n) is 8.74. The van der Waals surface area contributed by atoms with Crippen LogP contribution in [0.1, 0.15) is 11.9 Å². The van der Waals surface area contributed by atoms with E-state index in [1.807, 2.05) is 6.07 Å². The molecule has 2 aliphatic heterocycles. The second kappa shape index (κ2) is 3.36. The second-order valence-corrected chi connectivity index (χ2v) is 3.86. The van der Waals surface area contributed by atoms with Gasteiger partial charge in [-0.15, -0.1) is 0 Å². The topological polar surface area (TPSA) is 121 Å². The summed E-state index contributed by atoms with van der Waals surface area (Å²) in [7, 11) is 0. The third-order valence-corrected chi connectivity index (χ3v) is 2.91. The van der Waals surface area contributed by atoms with Gasteiger partial charge in [0.2, 0.25) is 0 Å². The Kier molecular flexibility index (Phi) is 1.96. The molecule has 0 saturated carbocycles. The lowest BCUT2D eigenvalue weighted by atomic mass is 10.1. The third kappa shape index (κ3) is 1.26. The first-order chi connectivity index (χ1) is 8.24. The van der Waals surface area contributed by atoms with Crippen molar-refractivity contribution in [1.29, 1.82) is 5.26 Å². The Morgan fingerprint density at radius 3 is 3.24 bits per heavy atom. The highest BCUT2D eigenvalue weighted by Gasteiger charge is 2.43. The summed E-state index contributed by atoms with van der Waals surface area (Å²) in [6, 6.07) is 1.70. The van der Waals surface area contributed by atoms with Gasteiger partial charge in [-0.05, 0) is 0 Å². The highest BCUT2D eigenvalue weighted by Crippen LogP contribution is 2.35. The standard InChI is InChI=1S/C9H10N6O2/c10-1-4-7-13-5(2-16)6-8(14-9(11)17-6)15(7)3-12-4/h3,5-6,8,13,16H,2H2,(H2,11,14)/t5-,6-,8-/m1/s1. The smallest absolute Gasteiger partial charge is 0.284 e. The Morgan fingerprint density at radius 1 is 1.71 bits per heavy atom. The fourth-order valence-electron chi connectivity index (χ4n) is 2.14. The fraction of sp³-hybridized carbons (Fsp3) is 0.444. The van der Waals surface area contributed by atoms with Crippen LogP contribution >= 0.6 is 0 Å². The van der Waals surface area contributed by atoms with Crippen molar-refractivity contribution in [2.75, 3.05) is 11.9 Å². The van der Waals surface area contributed by atoms with Gasteiger partial charge in [0.1, 0.15) is 11.9 Å². The van der Waals surface area contributed by atoms with Crippen LogP contribution in [0.25, 0.3) is 0 Å². The van der Waals surface area contributed by atoms with Crippen molar-refractivity contribution in [3.63, 3.8) is 0 Å². The molecule has 8 nitrogen and oxygen atoms in total. The maximum atomic E-state index is 9.30. The molecule has 0 saturated heterocycles. The Labute approximate surface area is 96.3 Å². The second-order valence-electron chi connectivity index (χ2n) is 3.86. The van der Waals surface area contributed by atoms with Crippen LogP contribution in [-0.4, -0.2) is 39.4 Å². The van der Waals surface area contributed by atoms with Crippen LogP contribution < -0.4 is 11.1 Å². The van der Waals surface area contributed by atoms with E-state index < -0.39 is 0 Å². The number of nitrogens with two attached hydrogens (primary N) is 1. The number of imidazole rings is 1. The summed E-state index contributed by atoms with van der Waals surface area (Å²) in [5.41, 5.74) is 5.79. The van der Waals surface area contributed by atoms with E-state index in [0.717, 1.165) is 0 Å². The van der Waals surface area contributed by atoms with E-state index in [1.165, 1.54) is 6.33 Å². The van der Waals surface area contributed by atoms with Crippen molar-refractivity contribution in [3.05, 3.63) is 12.0 Å². The zero-order chi connectivity index (χ0) is 12.0. The van der Waals surface area contributed by atoms with E-state index in [2.05, 4.69) is 15.3 Å². The SMILES string of the molecule is N#Cc1ncn2c1N[C@H](CO)[C@H]1OC(N)=N[C@@H]12. The first kappa shape index (κ1) is 9.92. The molecule has 0 fully saturated rings. The molecule has 0 aromatic carbocycles. The van der Waals surface area contributed by atoms with E-state index in [0.29, 0.717) is 5.82 Å². The van der Waals surface area contributed by atoms with Crippen LogP contribution in [0.5, 0.6) is 0 Å². The summed E-state index contributed by atoms with van der Waals surface area (Å²) in [5.74, 6) is 0.537. The Hall–Kier alpha value is -2.27. The predicted molar refractivity (Wildman–Crippen MR) is 57.0 cm³/mol. The summed E-state index contributed by atoms with van der Waals surface area (Å²) in [5, 5.41) is 21.2. The minimum atomic E-state index is -0.381. The minimum Gasteiger partial charge on any atom is -0.455 e. The van der Waals surface area contributed by atoms with Crippen molar-refractivity contribution >= 4 is 11.8 Å². The molecule has 0 amide bonds. The molecule has 8 heteroatoms. The quantitative estimate of drug-likeness (QED) is 0.558. The van der Waals surface area contributed by atoms with Crippen LogP contribution in [-0.2, 0) is 4.74 Å². The molecule has 0 bridgehead atoms. The highest BCUT2D eigenvalue weighted by atomic mass is 16.5. The molecule has 0 unspecified atom stereocenters. The number of ether oxygens (including phenoxy) is 1. The number of nitrogens with one attached hydrogen (secondary N) is 1. The number of hydrogen-bond donors (Lipinski definition) is 3. The van der Waals surface area contributed by atoms with Gasteiger partial charge in [-0.3, -0.25) is 4.57 Å². The van der Waals surface area contributed by atoms with Crippen molar-refractivity contribution in [2.45, 2.75) is 18.3 Å². The molecule has 3 rings (SSSR count). The number of nitrogens with zero attached hydrogens (tertiary/aromatic N) is 4. The van der Waals surface area contributed by atoms with Gasteiger partial charge in [-0.2, -0.15) is 5.26 Å². The van der Waals surface area contributed by atoms with Gasteiger partial charge in [-0.25, -0.2) is 9.98 Å². The van der Waals surface area contributed by atoms with Gasteiger partial charge in [0, 0.05) is 0 Å².